The van der Waals surface area contributed by atoms with Crippen LogP contribution in [0, 0.1) is 0 Å². The van der Waals surface area contributed by atoms with Gasteiger partial charge >= 0.3 is 0 Å². The minimum absolute atomic E-state index is 0.656. The Morgan fingerprint density at radius 1 is 0.314 bits per heavy atom. The molecular weight excluding hydrogens is 619 g/mol. The molecule has 0 saturated carbocycles. The normalized spacial score (nSPS) is 11.5. The van der Waals surface area contributed by atoms with Gasteiger partial charge in [0.25, 0.3) is 0 Å². The molecule has 8 aromatic carbocycles. The van der Waals surface area contributed by atoms with Crippen molar-refractivity contribution in [1.82, 2.24) is 14.5 Å². The average Bonchev–Trinajstić information content (AvgIpc) is 3.56. The fourth-order valence-electron chi connectivity index (χ4n) is 7.48. The van der Waals surface area contributed by atoms with Crippen LogP contribution in [-0.2, 0) is 0 Å². The van der Waals surface area contributed by atoms with Crippen molar-refractivity contribution in [2.45, 2.75) is 0 Å². The van der Waals surface area contributed by atoms with Crippen LogP contribution < -0.4 is 0 Å². The van der Waals surface area contributed by atoms with Crippen LogP contribution in [0.5, 0.6) is 0 Å². The second kappa shape index (κ2) is 11.9. The Morgan fingerprint density at radius 3 is 1.47 bits per heavy atom. The van der Waals surface area contributed by atoms with Crippen molar-refractivity contribution in [3.05, 3.63) is 188 Å². The molecule has 10 rings (SSSR count). The van der Waals surface area contributed by atoms with E-state index < -0.39 is 0 Å². The fourth-order valence-corrected chi connectivity index (χ4v) is 7.48. The van der Waals surface area contributed by atoms with Crippen LogP contribution in [0.25, 0.3) is 94.1 Å². The zero-order chi connectivity index (χ0) is 33.7. The molecule has 238 valence electrons. The first-order chi connectivity index (χ1) is 25.3. The third-order valence-corrected chi connectivity index (χ3v) is 9.99. The second-order valence-corrected chi connectivity index (χ2v) is 13.1. The summed E-state index contributed by atoms with van der Waals surface area (Å²) in [5, 5.41) is 7.27. The molecule has 0 N–H and O–H groups in total. The first kappa shape index (κ1) is 29.1. The number of hydrogen-bond acceptors (Lipinski definition) is 2. The molecule has 0 amide bonds. The summed E-state index contributed by atoms with van der Waals surface area (Å²) in [5.74, 6) is 0.656. The Kier molecular flexibility index (Phi) is 6.81. The van der Waals surface area contributed by atoms with Crippen LogP contribution in [0.3, 0.4) is 0 Å². The van der Waals surface area contributed by atoms with Gasteiger partial charge in [0, 0.05) is 21.9 Å². The Balaban J connectivity index is 1.14. The third-order valence-electron chi connectivity index (χ3n) is 9.99. The third kappa shape index (κ3) is 5.06. The lowest BCUT2D eigenvalue weighted by atomic mass is 9.95. The summed E-state index contributed by atoms with van der Waals surface area (Å²) in [6.45, 7) is 0. The van der Waals surface area contributed by atoms with Crippen molar-refractivity contribution in [1.29, 1.82) is 0 Å². The van der Waals surface area contributed by atoms with Gasteiger partial charge in [-0.2, -0.15) is 0 Å². The van der Waals surface area contributed by atoms with Crippen LogP contribution in [0.2, 0.25) is 0 Å². The lowest BCUT2D eigenvalue weighted by Gasteiger charge is -2.12. The topological polar surface area (TPSA) is 30.7 Å². The summed E-state index contributed by atoms with van der Waals surface area (Å²) in [5.41, 5.74) is 10.9. The molecule has 51 heavy (non-hydrogen) atoms. The molecule has 10 aromatic rings. The maximum Gasteiger partial charge on any atom is 0.235 e. The minimum atomic E-state index is 0.656. The predicted molar refractivity (Wildman–Crippen MR) is 213 cm³/mol. The van der Waals surface area contributed by atoms with Gasteiger partial charge < -0.3 is 0 Å². The molecule has 3 heteroatoms. The van der Waals surface area contributed by atoms with E-state index in [0.29, 0.717) is 5.95 Å². The Hall–Kier alpha value is -6.84. The predicted octanol–water partition coefficient (Wildman–Crippen LogP) is 12.5. The molecule has 0 fully saturated rings. The molecule has 0 atom stereocenters. The van der Waals surface area contributed by atoms with Crippen molar-refractivity contribution < 1.29 is 0 Å². The van der Waals surface area contributed by atoms with Gasteiger partial charge in [0.1, 0.15) is 0 Å². The van der Waals surface area contributed by atoms with Crippen molar-refractivity contribution in [3.63, 3.8) is 0 Å². The van der Waals surface area contributed by atoms with Gasteiger partial charge in [-0.15, -0.1) is 0 Å². The maximum absolute atomic E-state index is 5.21. The summed E-state index contributed by atoms with van der Waals surface area (Å²) in [6, 6.07) is 66.8. The summed E-state index contributed by atoms with van der Waals surface area (Å²) in [7, 11) is 0. The monoisotopic (exact) mass is 649 g/mol. The Labute approximate surface area is 295 Å². The first-order valence-electron chi connectivity index (χ1n) is 17.3. The highest BCUT2D eigenvalue weighted by molar-refractivity contribution is 6.21. The van der Waals surface area contributed by atoms with Crippen molar-refractivity contribution >= 4 is 43.4 Å². The summed E-state index contributed by atoms with van der Waals surface area (Å²) in [4.78, 5) is 10.4. The number of hydrogen-bond donors (Lipinski definition) is 0. The minimum Gasteiger partial charge on any atom is -0.278 e. The van der Waals surface area contributed by atoms with E-state index in [-0.39, 0.29) is 0 Å². The second-order valence-electron chi connectivity index (χ2n) is 13.1. The maximum atomic E-state index is 5.21. The highest BCUT2D eigenvalue weighted by Gasteiger charge is 2.18. The van der Waals surface area contributed by atoms with Gasteiger partial charge in [0.2, 0.25) is 5.95 Å². The van der Waals surface area contributed by atoms with E-state index in [1.54, 1.807) is 0 Å². The highest BCUT2D eigenvalue weighted by Crippen LogP contribution is 2.39. The molecule has 0 spiro atoms. The first-order valence-corrected chi connectivity index (χ1v) is 17.3. The largest absolute Gasteiger partial charge is 0.278 e. The molecule has 0 bridgehead atoms. The number of rotatable bonds is 5. The smallest absolute Gasteiger partial charge is 0.235 e. The van der Waals surface area contributed by atoms with E-state index in [1.807, 2.05) is 12.1 Å². The zero-order valence-electron chi connectivity index (χ0n) is 27.7. The SMILES string of the molecule is c1ccc(-c2ccc3ccc(-c4ccc5c(ccc6c5c5ccccc5n6-c5nc(-c6ccccc6)cc(-c6ccccc6)n5)c4)cc3c2)cc1. The molecule has 2 aromatic heterocycles. The van der Waals surface area contributed by atoms with Gasteiger partial charge in [0.15, 0.2) is 0 Å². The molecule has 0 aliphatic carbocycles. The standard InChI is InChI=1S/C48H31N3/c1-4-12-32(13-5-1)36-22-20-33-21-23-37(30-40(33)29-36)38-24-26-41-39(28-38)25-27-46-47(41)42-18-10-11-19-45(42)51(46)48-49-43(34-14-6-2-7-15-34)31-44(50-48)35-16-8-3-9-17-35/h1-31H. The average molecular weight is 650 g/mol. The molecule has 0 unspecified atom stereocenters. The quantitative estimate of drug-likeness (QED) is 0.186. The van der Waals surface area contributed by atoms with E-state index in [2.05, 4.69) is 180 Å². The Bertz CT molecular complexity index is 2830. The van der Waals surface area contributed by atoms with E-state index in [0.717, 1.165) is 33.5 Å². The number of benzene rings is 8. The zero-order valence-corrected chi connectivity index (χ0v) is 27.7. The molecule has 0 saturated heterocycles. The lowest BCUT2D eigenvalue weighted by Crippen LogP contribution is -2.03. The van der Waals surface area contributed by atoms with Crippen LogP contribution >= 0.6 is 0 Å². The van der Waals surface area contributed by atoms with Crippen molar-refractivity contribution in [2.75, 3.05) is 0 Å². The van der Waals surface area contributed by atoms with Crippen LogP contribution in [0.1, 0.15) is 0 Å². The van der Waals surface area contributed by atoms with Crippen LogP contribution in [-0.4, -0.2) is 14.5 Å². The fraction of sp³-hybridized carbons (Fsp3) is 0. The number of fused-ring (bicyclic) bond motifs is 6. The molecule has 3 nitrogen and oxygen atoms in total. The van der Waals surface area contributed by atoms with Gasteiger partial charge in [-0.05, 0) is 80.2 Å². The number of aromatic nitrogens is 3. The van der Waals surface area contributed by atoms with E-state index in [4.69, 9.17) is 9.97 Å². The molecule has 0 aliphatic heterocycles. The highest BCUT2D eigenvalue weighted by atomic mass is 15.2. The summed E-state index contributed by atoms with van der Waals surface area (Å²) >= 11 is 0. The number of nitrogens with zero attached hydrogens (tertiary/aromatic N) is 3. The van der Waals surface area contributed by atoms with Crippen LogP contribution in [0.15, 0.2) is 188 Å². The molecule has 0 aliphatic rings. The van der Waals surface area contributed by atoms with E-state index in [1.165, 1.54) is 54.6 Å². The molecule has 0 radical (unpaired) electrons. The number of para-hydroxylation sites is 1. The summed E-state index contributed by atoms with van der Waals surface area (Å²) < 4.78 is 2.23. The van der Waals surface area contributed by atoms with Gasteiger partial charge in [-0.1, -0.05) is 152 Å². The van der Waals surface area contributed by atoms with Gasteiger partial charge in [-0.25, -0.2) is 9.97 Å². The lowest BCUT2D eigenvalue weighted by molar-refractivity contribution is 0.996. The Morgan fingerprint density at radius 2 is 0.824 bits per heavy atom. The van der Waals surface area contributed by atoms with Crippen molar-refractivity contribution in [2.24, 2.45) is 0 Å². The van der Waals surface area contributed by atoms with Crippen LogP contribution in [0.4, 0.5) is 0 Å². The van der Waals surface area contributed by atoms with E-state index in [9.17, 15) is 0 Å². The molecular formula is C48H31N3. The molecule has 2 heterocycles. The van der Waals surface area contributed by atoms with Gasteiger partial charge in [0.05, 0.1) is 22.4 Å². The van der Waals surface area contributed by atoms with Crippen molar-refractivity contribution in [3.8, 4) is 50.7 Å². The summed E-state index contributed by atoms with van der Waals surface area (Å²) in [6.07, 6.45) is 0. The van der Waals surface area contributed by atoms with E-state index >= 15 is 0 Å². The van der Waals surface area contributed by atoms with Gasteiger partial charge in [-0.3, -0.25) is 4.57 Å².